The van der Waals surface area contributed by atoms with Gasteiger partial charge in [0.1, 0.15) is 0 Å². The first-order chi connectivity index (χ1) is 7.13. The number of ether oxygens (including phenoxy) is 1. The van der Waals surface area contributed by atoms with Gasteiger partial charge in [-0.15, -0.1) is 0 Å². The smallest absolute Gasteiger partial charge is 0.303 e. The van der Waals surface area contributed by atoms with Crippen molar-refractivity contribution in [3.8, 4) is 0 Å². The first-order valence-electron chi connectivity index (χ1n) is 4.85. The Morgan fingerprint density at radius 3 is 1.73 bits per heavy atom. The highest BCUT2D eigenvalue weighted by atomic mass is 16.5. The summed E-state index contributed by atoms with van der Waals surface area (Å²) in [6.07, 6.45) is 0.0866. The van der Waals surface area contributed by atoms with E-state index in [1.54, 1.807) is 0 Å². The second-order valence-electron chi connectivity index (χ2n) is 3.00. The van der Waals surface area contributed by atoms with Crippen molar-refractivity contribution in [1.29, 1.82) is 0 Å². The summed E-state index contributed by atoms with van der Waals surface area (Å²) in [7, 11) is 0. The van der Waals surface area contributed by atoms with Crippen LogP contribution in [0.1, 0.15) is 19.3 Å². The Hall–Kier alpha value is -1.14. The Kier molecular flexibility index (Phi) is 8.70. The van der Waals surface area contributed by atoms with Crippen molar-refractivity contribution in [3.63, 3.8) is 0 Å². The normalized spacial score (nSPS) is 14.9. The van der Waals surface area contributed by atoms with Gasteiger partial charge in [-0.05, 0) is 6.42 Å². The molecule has 6 nitrogen and oxygen atoms in total. The van der Waals surface area contributed by atoms with Gasteiger partial charge in [0.25, 0.3) is 0 Å². The second-order valence-corrected chi connectivity index (χ2v) is 3.00. The highest BCUT2D eigenvalue weighted by molar-refractivity contribution is 5.69. The molecule has 15 heavy (non-hydrogen) atoms. The van der Waals surface area contributed by atoms with Gasteiger partial charge in [0.15, 0.2) is 0 Å². The Morgan fingerprint density at radius 1 is 1.07 bits per heavy atom. The van der Waals surface area contributed by atoms with E-state index in [0.29, 0.717) is 0 Å². The summed E-state index contributed by atoms with van der Waals surface area (Å²) in [5, 5.41) is 19.2. The molecule has 0 aliphatic carbocycles. The van der Waals surface area contributed by atoms with Gasteiger partial charge in [-0.25, -0.2) is 0 Å². The van der Waals surface area contributed by atoms with Gasteiger partial charge in [0.2, 0.25) is 0 Å². The summed E-state index contributed by atoms with van der Waals surface area (Å²) < 4.78 is 5.01. The maximum atomic E-state index is 9.79. The molecule has 0 spiro atoms. The quantitative estimate of drug-likeness (QED) is 0.612. The fourth-order valence-corrected chi connectivity index (χ4v) is 0.907. The topological polar surface area (TPSA) is 95.9 Å². The fraction of sp³-hybridized carbons (Fsp3) is 0.778. The molecule has 0 aromatic carbocycles. The van der Waals surface area contributed by atoms with E-state index in [0.717, 1.165) is 26.3 Å². The molecule has 0 atom stereocenters. The molecule has 1 aliphatic heterocycles. The van der Waals surface area contributed by atoms with Crippen LogP contribution in [0.3, 0.4) is 0 Å². The number of carbonyl (C=O) groups is 2. The average Bonchev–Trinajstić information content (AvgIpc) is 2.20. The third-order valence-corrected chi connectivity index (χ3v) is 1.63. The Balaban J connectivity index is 0.000000280. The van der Waals surface area contributed by atoms with Crippen molar-refractivity contribution >= 4 is 11.9 Å². The lowest BCUT2D eigenvalue weighted by Gasteiger charge is -2.10. The molecule has 0 amide bonds. The van der Waals surface area contributed by atoms with E-state index in [4.69, 9.17) is 14.9 Å². The van der Waals surface area contributed by atoms with Crippen molar-refractivity contribution in [3.05, 3.63) is 0 Å². The van der Waals surface area contributed by atoms with Crippen LogP contribution in [0.5, 0.6) is 0 Å². The minimum absolute atomic E-state index is 0.0632. The fourth-order valence-electron chi connectivity index (χ4n) is 0.907. The maximum Gasteiger partial charge on any atom is 0.303 e. The average molecular weight is 219 g/mol. The van der Waals surface area contributed by atoms with Crippen LogP contribution in [0, 0.1) is 0 Å². The summed E-state index contributed by atoms with van der Waals surface area (Å²) in [5.74, 6) is -1.90. The van der Waals surface area contributed by atoms with Gasteiger partial charge >= 0.3 is 11.9 Å². The van der Waals surface area contributed by atoms with Crippen LogP contribution in [0.2, 0.25) is 0 Å². The van der Waals surface area contributed by atoms with Crippen LogP contribution in [0.4, 0.5) is 0 Å². The lowest BCUT2D eigenvalue weighted by atomic mass is 10.2. The van der Waals surface area contributed by atoms with E-state index < -0.39 is 11.9 Å². The maximum absolute atomic E-state index is 9.79. The first kappa shape index (κ1) is 13.9. The summed E-state index contributed by atoms with van der Waals surface area (Å²) in [5.41, 5.74) is 0. The van der Waals surface area contributed by atoms with Crippen molar-refractivity contribution in [2.24, 2.45) is 0 Å². The van der Waals surface area contributed by atoms with Crippen LogP contribution < -0.4 is 5.32 Å². The lowest BCUT2D eigenvalue weighted by Crippen LogP contribution is -2.30. The number of nitrogens with one attached hydrogen (secondary N) is 1. The van der Waals surface area contributed by atoms with E-state index >= 15 is 0 Å². The molecule has 88 valence electrons. The number of hydrogen-bond acceptors (Lipinski definition) is 4. The van der Waals surface area contributed by atoms with Crippen LogP contribution in [0.25, 0.3) is 0 Å². The number of carboxylic acids is 2. The molecule has 0 unspecified atom stereocenters. The summed E-state index contributed by atoms with van der Waals surface area (Å²) in [4.78, 5) is 19.6. The molecule has 6 heteroatoms. The van der Waals surface area contributed by atoms with Gasteiger partial charge in [-0.1, -0.05) is 0 Å². The van der Waals surface area contributed by atoms with Crippen LogP contribution >= 0.6 is 0 Å². The predicted molar refractivity (Wildman–Crippen MR) is 52.8 cm³/mol. The van der Waals surface area contributed by atoms with Crippen LogP contribution in [-0.4, -0.2) is 48.5 Å². The first-order valence-corrected chi connectivity index (χ1v) is 4.85. The number of hydrogen-bond donors (Lipinski definition) is 3. The highest BCUT2D eigenvalue weighted by Crippen LogP contribution is 1.93. The molecule has 0 aromatic rings. The molecule has 3 N–H and O–H groups in total. The van der Waals surface area contributed by atoms with Gasteiger partial charge in [-0.2, -0.15) is 0 Å². The third-order valence-electron chi connectivity index (χ3n) is 1.63. The van der Waals surface area contributed by atoms with Crippen molar-refractivity contribution in [1.82, 2.24) is 5.32 Å². The molecule has 1 aliphatic rings. The van der Waals surface area contributed by atoms with Crippen molar-refractivity contribution < 1.29 is 24.5 Å². The van der Waals surface area contributed by atoms with Crippen LogP contribution in [0.15, 0.2) is 0 Å². The number of aliphatic carboxylic acids is 2. The second kappa shape index (κ2) is 9.42. The Bertz CT molecular complexity index is 165. The van der Waals surface area contributed by atoms with Gasteiger partial charge < -0.3 is 20.3 Å². The molecule has 1 rings (SSSR count). The number of carboxylic acid groups (broad SMARTS) is 2. The summed E-state index contributed by atoms with van der Waals surface area (Å²) in [6, 6.07) is 0. The van der Waals surface area contributed by atoms with Crippen molar-refractivity contribution in [2.75, 3.05) is 26.3 Å². The SMILES string of the molecule is C1COCCN1.O=C(O)CCCC(=O)O. The van der Waals surface area contributed by atoms with Crippen LogP contribution in [-0.2, 0) is 14.3 Å². The zero-order valence-electron chi connectivity index (χ0n) is 8.57. The predicted octanol–water partition coefficient (Wildman–Crippen LogP) is -0.0679. The largest absolute Gasteiger partial charge is 0.481 e. The monoisotopic (exact) mass is 219 g/mol. The highest BCUT2D eigenvalue weighted by Gasteiger charge is 1.99. The third kappa shape index (κ3) is 12.9. The zero-order valence-corrected chi connectivity index (χ0v) is 8.57. The molecule has 1 fully saturated rings. The zero-order chi connectivity index (χ0) is 11.5. The van der Waals surface area contributed by atoms with E-state index in [1.807, 2.05) is 0 Å². The summed E-state index contributed by atoms with van der Waals surface area (Å²) in [6.45, 7) is 3.83. The Labute approximate surface area is 88.2 Å². The van der Waals surface area contributed by atoms with E-state index in [-0.39, 0.29) is 19.3 Å². The lowest BCUT2D eigenvalue weighted by molar-refractivity contribution is -0.138. The molecule has 1 saturated heterocycles. The summed E-state index contributed by atoms with van der Waals surface area (Å²) >= 11 is 0. The molecular weight excluding hydrogens is 202 g/mol. The molecule has 0 bridgehead atoms. The van der Waals surface area contributed by atoms with Gasteiger partial charge in [0.05, 0.1) is 13.2 Å². The van der Waals surface area contributed by atoms with Crippen molar-refractivity contribution in [2.45, 2.75) is 19.3 Å². The van der Waals surface area contributed by atoms with E-state index in [9.17, 15) is 9.59 Å². The molecule has 0 radical (unpaired) electrons. The Morgan fingerprint density at radius 2 is 1.53 bits per heavy atom. The number of rotatable bonds is 4. The van der Waals surface area contributed by atoms with E-state index in [1.165, 1.54) is 0 Å². The van der Waals surface area contributed by atoms with Gasteiger partial charge in [-0.3, -0.25) is 9.59 Å². The molecule has 1 heterocycles. The number of morpholine rings is 1. The molecule has 0 saturated carbocycles. The molecule has 0 aromatic heterocycles. The van der Waals surface area contributed by atoms with Gasteiger partial charge in [0, 0.05) is 25.9 Å². The standard InChI is InChI=1S/C5H8O4.C4H9NO/c6-4(7)2-1-3-5(8)9;1-3-6-4-2-5-1/h1-3H2,(H,6,7)(H,8,9);5H,1-4H2. The van der Waals surface area contributed by atoms with E-state index in [2.05, 4.69) is 5.32 Å². The minimum atomic E-state index is -0.948. The molecular formula is C9H17NO5. The minimum Gasteiger partial charge on any atom is -0.481 e.